The summed E-state index contributed by atoms with van der Waals surface area (Å²) in [7, 11) is 0. The summed E-state index contributed by atoms with van der Waals surface area (Å²) in [5.74, 6) is 2.01. The van der Waals surface area contributed by atoms with Crippen LogP contribution in [0.4, 0.5) is 0 Å². The van der Waals surface area contributed by atoms with Gasteiger partial charge in [0.15, 0.2) is 17.5 Å². The van der Waals surface area contributed by atoms with Crippen molar-refractivity contribution >= 4 is 33.2 Å². The molecule has 8 aromatic rings. The fourth-order valence-electron chi connectivity index (χ4n) is 7.53. The normalized spacial score (nSPS) is 15.7. The van der Waals surface area contributed by atoms with Gasteiger partial charge in [-0.05, 0) is 50.7 Å². The fraction of sp³-hybridized carbons (Fsp3) is 0.0238. The highest BCUT2D eigenvalue weighted by molar-refractivity contribution is 7.99. The SMILES string of the molecule is c1ccc(-c2nc(-c3ccccc3)nc(-c3cccc4c3Sc3ccccc3C43c4ccccc4-c4c3ccc3ccsc43)n2)cc1. The first-order valence-corrected chi connectivity index (χ1v) is 17.4. The van der Waals surface area contributed by atoms with E-state index >= 15 is 0 Å². The Hall–Kier alpha value is -5.36. The molecule has 0 fully saturated rings. The van der Waals surface area contributed by atoms with E-state index in [-0.39, 0.29) is 0 Å². The minimum Gasteiger partial charge on any atom is -0.208 e. The maximum Gasteiger partial charge on any atom is 0.165 e. The number of benzene rings is 6. The molecule has 3 nitrogen and oxygen atoms in total. The summed E-state index contributed by atoms with van der Waals surface area (Å²) < 4.78 is 1.35. The second kappa shape index (κ2) is 10.3. The summed E-state index contributed by atoms with van der Waals surface area (Å²) in [4.78, 5) is 17.7. The monoisotopic (exact) mass is 635 g/mol. The first-order valence-electron chi connectivity index (χ1n) is 15.7. The van der Waals surface area contributed by atoms with Crippen molar-refractivity contribution in [2.45, 2.75) is 15.2 Å². The van der Waals surface area contributed by atoms with E-state index in [0.29, 0.717) is 17.5 Å². The van der Waals surface area contributed by atoms with Crippen molar-refractivity contribution in [1.82, 2.24) is 15.0 Å². The molecule has 1 atom stereocenters. The Morgan fingerprint density at radius 1 is 0.447 bits per heavy atom. The van der Waals surface area contributed by atoms with Gasteiger partial charge < -0.3 is 0 Å². The molecule has 0 bridgehead atoms. The first-order chi connectivity index (χ1) is 23.3. The Bertz CT molecular complexity index is 2450. The second-order valence-electron chi connectivity index (χ2n) is 11.9. The van der Waals surface area contributed by atoms with Crippen LogP contribution in [0.1, 0.15) is 22.3 Å². The number of rotatable bonds is 3. The molecule has 2 aromatic heterocycles. The zero-order valence-electron chi connectivity index (χ0n) is 25.1. The van der Waals surface area contributed by atoms with Gasteiger partial charge in [0, 0.05) is 36.7 Å². The molecule has 1 aliphatic carbocycles. The molecule has 0 radical (unpaired) electrons. The molecule has 0 N–H and O–H groups in total. The molecule has 10 rings (SSSR count). The van der Waals surface area contributed by atoms with Crippen molar-refractivity contribution in [3.63, 3.8) is 0 Å². The van der Waals surface area contributed by atoms with Gasteiger partial charge in [-0.1, -0.05) is 145 Å². The third-order valence-corrected chi connectivity index (χ3v) is 11.7. The van der Waals surface area contributed by atoms with E-state index in [1.807, 2.05) is 59.5 Å². The summed E-state index contributed by atoms with van der Waals surface area (Å²) in [6.45, 7) is 0. The van der Waals surface area contributed by atoms with E-state index in [0.717, 1.165) is 16.7 Å². The molecule has 0 saturated carbocycles. The lowest BCUT2D eigenvalue weighted by Crippen LogP contribution is -2.32. The van der Waals surface area contributed by atoms with E-state index in [9.17, 15) is 0 Å². The molecule has 6 aromatic carbocycles. The predicted octanol–water partition coefficient (Wildman–Crippen LogP) is 10.9. The highest BCUT2D eigenvalue weighted by Gasteiger charge is 2.51. The van der Waals surface area contributed by atoms with Crippen LogP contribution in [0.5, 0.6) is 0 Å². The predicted molar refractivity (Wildman–Crippen MR) is 193 cm³/mol. The summed E-state index contributed by atoms with van der Waals surface area (Å²) in [6, 6.07) is 51.9. The van der Waals surface area contributed by atoms with Crippen LogP contribution in [-0.4, -0.2) is 15.0 Å². The summed E-state index contributed by atoms with van der Waals surface area (Å²) in [5, 5.41) is 3.50. The van der Waals surface area contributed by atoms with Crippen LogP contribution in [0.15, 0.2) is 161 Å². The lowest BCUT2D eigenvalue weighted by Gasteiger charge is -2.40. The number of nitrogens with zero attached hydrogens (tertiary/aromatic N) is 3. The van der Waals surface area contributed by atoms with Gasteiger partial charge in [0.25, 0.3) is 0 Å². The first kappa shape index (κ1) is 26.8. The van der Waals surface area contributed by atoms with Gasteiger partial charge in [0.05, 0.1) is 5.41 Å². The van der Waals surface area contributed by atoms with E-state index in [2.05, 4.69) is 115 Å². The Kier molecular flexibility index (Phi) is 5.89. The minimum atomic E-state index is -0.477. The van der Waals surface area contributed by atoms with Gasteiger partial charge in [-0.25, -0.2) is 15.0 Å². The lowest BCUT2D eigenvalue weighted by molar-refractivity contribution is 0.723. The van der Waals surface area contributed by atoms with Gasteiger partial charge in [-0.2, -0.15) is 0 Å². The standard InChI is InChI=1S/C42H25N3S2/c1-3-12-27(13-4-1)39-43-40(28-14-5-2-6-15-28)45-41(44-39)30-17-11-20-34-38(30)47-35-21-10-9-19-32(35)42(34)31-18-8-7-16-29(31)36-33(42)23-22-26-24-25-46-37(26)36/h1-25H. The van der Waals surface area contributed by atoms with Crippen LogP contribution in [0.25, 0.3) is 55.4 Å². The van der Waals surface area contributed by atoms with Crippen LogP contribution in [0.2, 0.25) is 0 Å². The molecule has 0 amide bonds. The van der Waals surface area contributed by atoms with Crippen LogP contribution in [0, 0.1) is 0 Å². The number of aromatic nitrogens is 3. The molecule has 3 heterocycles. The third kappa shape index (κ3) is 3.84. The maximum absolute atomic E-state index is 5.17. The van der Waals surface area contributed by atoms with Crippen LogP contribution in [0.3, 0.4) is 0 Å². The van der Waals surface area contributed by atoms with E-state index in [4.69, 9.17) is 15.0 Å². The van der Waals surface area contributed by atoms with Crippen molar-refractivity contribution in [2.24, 2.45) is 0 Å². The van der Waals surface area contributed by atoms with Crippen molar-refractivity contribution in [2.75, 3.05) is 0 Å². The van der Waals surface area contributed by atoms with E-state index < -0.39 is 5.41 Å². The Balaban J connectivity index is 1.29. The molecule has 1 unspecified atom stereocenters. The van der Waals surface area contributed by atoms with Gasteiger partial charge in [0.1, 0.15) is 0 Å². The molecule has 220 valence electrons. The van der Waals surface area contributed by atoms with Gasteiger partial charge in [-0.15, -0.1) is 11.3 Å². The van der Waals surface area contributed by atoms with Gasteiger partial charge >= 0.3 is 0 Å². The number of hydrogen-bond donors (Lipinski definition) is 0. The average molecular weight is 636 g/mol. The number of fused-ring (bicyclic) bond motifs is 11. The van der Waals surface area contributed by atoms with Crippen molar-refractivity contribution in [3.8, 4) is 45.3 Å². The summed E-state index contributed by atoms with van der Waals surface area (Å²) in [6.07, 6.45) is 0. The number of thiophene rings is 1. The highest BCUT2D eigenvalue weighted by Crippen LogP contribution is 2.64. The van der Waals surface area contributed by atoms with Crippen LogP contribution >= 0.6 is 23.1 Å². The highest BCUT2D eigenvalue weighted by atomic mass is 32.2. The third-order valence-electron chi connectivity index (χ3n) is 9.49. The zero-order chi connectivity index (χ0) is 31.0. The molecule has 5 heteroatoms. The van der Waals surface area contributed by atoms with Gasteiger partial charge in [0.2, 0.25) is 0 Å². The van der Waals surface area contributed by atoms with Crippen molar-refractivity contribution in [1.29, 1.82) is 0 Å². The Morgan fingerprint density at radius 2 is 1.06 bits per heavy atom. The smallest absolute Gasteiger partial charge is 0.165 e. The molecule has 1 aliphatic heterocycles. The quantitative estimate of drug-likeness (QED) is 0.194. The molecule has 0 saturated heterocycles. The van der Waals surface area contributed by atoms with Crippen molar-refractivity contribution in [3.05, 3.63) is 173 Å². The second-order valence-corrected chi connectivity index (χ2v) is 13.9. The maximum atomic E-state index is 5.17. The molecular formula is C42H25N3S2. The van der Waals surface area contributed by atoms with E-state index in [1.54, 1.807) is 0 Å². The van der Waals surface area contributed by atoms with Crippen LogP contribution < -0.4 is 0 Å². The van der Waals surface area contributed by atoms with Crippen molar-refractivity contribution < 1.29 is 0 Å². The molecule has 47 heavy (non-hydrogen) atoms. The average Bonchev–Trinajstić information content (AvgIpc) is 3.74. The van der Waals surface area contributed by atoms with Crippen LogP contribution in [-0.2, 0) is 5.41 Å². The lowest BCUT2D eigenvalue weighted by atomic mass is 9.67. The zero-order valence-corrected chi connectivity index (χ0v) is 26.7. The summed E-state index contributed by atoms with van der Waals surface area (Å²) in [5.41, 5.74) is 10.4. The van der Waals surface area contributed by atoms with Gasteiger partial charge in [-0.3, -0.25) is 0 Å². The topological polar surface area (TPSA) is 38.7 Å². The minimum absolute atomic E-state index is 0.477. The Morgan fingerprint density at radius 3 is 1.83 bits per heavy atom. The largest absolute Gasteiger partial charge is 0.208 e. The number of hydrogen-bond acceptors (Lipinski definition) is 5. The summed E-state index contributed by atoms with van der Waals surface area (Å²) >= 11 is 3.66. The molecular weight excluding hydrogens is 611 g/mol. The molecule has 2 aliphatic rings. The fourth-order valence-corrected chi connectivity index (χ4v) is 9.79. The van der Waals surface area contributed by atoms with E-state index in [1.165, 1.54) is 53.3 Å². The Labute approximate surface area is 280 Å². The molecule has 1 spiro atoms.